The molecule has 0 spiro atoms. The summed E-state index contributed by atoms with van der Waals surface area (Å²) in [5.74, 6) is 1.32. The topological polar surface area (TPSA) is 77.2 Å². The zero-order valence-electron chi connectivity index (χ0n) is 15.1. The molecule has 0 atom stereocenters. The van der Waals surface area contributed by atoms with Gasteiger partial charge in [0.15, 0.2) is 17.2 Å². The zero-order chi connectivity index (χ0) is 19.3. The van der Waals surface area contributed by atoms with Gasteiger partial charge < -0.3 is 14.6 Å². The van der Waals surface area contributed by atoms with Gasteiger partial charge in [0.25, 0.3) is 5.91 Å². The standard InChI is InChI=1S/C22H17N3O3/c1-15-6-4-8-17(12-15)27-20-10-3-2-9-18(20)24-22(26)19-13-21(28-25-19)16-7-5-11-23-14-16/h2-14H,1H3,(H,24,26). The van der Waals surface area contributed by atoms with Gasteiger partial charge in [0, 0.05) is 24.0 Å². The van der Waals surface area contributed by atoms with Crippen LogP contribution in [-0.4, -0.2) is 16.0 Å². The largest absolute Gasteiger partial charge is 0.455 e. The molecule has 0 fully saturated rings. The predicted molar refractivity (Wildman–Crippen MR) is 105 cm³/mol. The van der Waals surface area contributed by atoms with Gasteiger partial charge in [-0.1, -0.05) is 29.4 Å². The van der Waals surface area contributed by atoms with E-state index in [2.05, 4.69) is 15.5 Å². The third kappa shape index (κ3) is 3.91. The van der Waals surface area contributed by atoms with Crippen molar-refractivity contribution in [1.29, 1.82) is 0 Å². The van der Waals surface area contributed by atoms with Gasteiger partial charge in [-0.05, 0) is 48.9 Å². The molecule has 28 heavy (non-hydrogen) atoms. The highest BCUT2D eigenvalue weighted by molar-refractivity contribution is 6.04. The number of rotatable bonds is 5. The van der Waals surface area contributed by atoms with Crippen LogP contribution in [0.2, 0.25) is 0 Å². The third-order valence-electron chi connectivity index (χ3n) is 4.04. The van der Waals surface area contributed by atoms with E-state index in [0.29, 0.717) is 22.9 Å². The number of nitrogens with one attached hydrogen (secondary N) is 1. The van der Waals surface area contributed by atoms with Crippen LogP contribution in [-0.2, 0) is 0 Å². The number of aryl methyl sites for hydroxylation is 1. The molecule has 2 aromatic heterocycles. The van der Waals surface area contributed by atoms with E-state index < -0.39 is 0 Å². The molecule has 0 unspecified atom stereocenters. The van der Waals surface area contributed by atoms with Crippen LogP contribution in [0.3, 0.4) is 0 Å². The first kappa shape index (κ1) is 17.5. The Morgan fingerprint density at radius 3 is 2.75 bits per heavy atom. The van der Waals surface area contributed by atoms with Crippen molar-refractivity contribution in [3.63, 3.8) is 0 Å². The minimum Gasteiger partial charge on any atom is -0.455 e. The summed E-state index contributed by atoms with van der Waals surface area (Å²) in [7, 11) is 0. The van der Waals surface area contributed by atoms with Gasteiger partial charge in [-0.2, -0.15) is 0 Å². The summed E-state index contributed by atoms with van der Waals surface area (Å²) in [6, 6.07) is 20.1. The average molecular weight is 371 g/mol. The maximum absolute atomic E-state index is 12.6. The van der Waals surface area contributed by atoms with Crippen LogP contribution in [0.4, 0.5) is 5.69 Å². The number of amides is 1. The molecule has 0 radical (unpaired) electrons. The summed E-state index contributed by atoms with van der Waals surface area (Å²) < 4.78 is 11.2. The van der Waals surface area contributed by atoms with Crippen LogP contribution in [0.15, 0.2) is 83.6 Å². The minimum absolute atomic E-state index is 0.171. The molecule has 0 saturated carbocycles. The van der Waals surface area contributed by atoms with Gasteiger partial charge in [0.2, 0.25) is 0 Å². The number of hydrogen-bond donors (Lipinski definition) is 1. The van der Waals surface area contributed by atoms with Crippen LogP contribution in [0, 0.1) is 6.92 Å². The van der Waals surface area contributed by atoms with E-state index >= 15 is 0 Å². The van der Waals surface area contributed by atoms with Crippen molar-refractivity contribution < 1.29 is 14.1 Å². The molecular weight excluding hydrogens is 354 g/mol. The molecule has 1 amide bonds. The van der Waals surface area contributed by atoms with Gasteiger partial charge in [0.1, 0.15) is 5.75 Å². The number of para-hydroxylation sites is 2. The van der Waals surface area contributed by atoms with Gasteiger partial charge in [0.05, 0.1) is 5.69 Å². The molecule has 0 saturated heterocycles. The molecule has 4 aromatic rings. The summed E-state index contributed by atoms with van der Waals surface area (Å²) in [5, 5.41) is 6.68. The molecule has 0 aliphatic rings. The van der Waals surface area contributed by atoms with E-state index in [1.165, 1.54) is 0 Å². The SMILES string of the molecule is Cc1cccc(Oc2ccccc2NC(=O)c2cc(-c3cccnc3)on2)c1. The van der Waals surface area contributed by atoms with Crippen molar-refractivity contribution in [2.24, 2.45) is 0 Å². The van der Waals surface area contributed by atoms with E-state index in [1.54, 1.807) is 36.7 Å². The maximum Gasteiger partial charge on any atom is 0.277 e. The lowest BCUT2D eigenvalue weighted by Gasteiger charge is -2.11. The molecule has 0 bridgehead atoms. The molecule has 1 N–H and O–H groups in total. The number of anilines is 1. The van der Waals surface area contributed by atoms with Crippen molar-refractivity contribution >= 4 is 11.6 Å². The van der Waals surface area contributed by atoms with E-state index in [1.807, 2.05) is 49.4 Å². The van der Waals surface area contributed by atoms with Crippen LogP contribution in [0.25, 0.3) is 11.3 Å². The Labute approximate surface area is 161 Å². The Hall–Kier alpha value is -3.93. The molecule has 2 aromatic carbocycles. The van der Waals surface area contributed by atoms with E-state index in [0.717, 1.165) is 11.1 Å². The fourth-order valence-electron chi connectivity index (χ4n) is 2.68. The summed E-state index contributed by atoms with van der Waals surface area (Å²) in [4.78, 5) is 16.6. The number of pyridine rings is 1. The summed E-state index contributed by atoms with van der Waals surface area (Å²) in [6.45, 7) is 1.99. The Kier molecular flexibility index (Phi) is 4.84. The Morgan fingerprint density at radius 1 is 1.04 bits per heavy atom. The average Bonchev–Trinajstić information content (AvgIpc) is 3.21. The summed E-state index contributed by atoms with van der Waals surface area (Å²) in [5.41, 5.74) is 2.55. The molecule has 2 heterocycles. The lowest BCUT2D eigenvalue weighted by molar-refractivity contribution is 0.101. The molecular formula is C22H17N3O3. The lowest BCUT2D eigenvalue weighted by atomic mass is 10.2. The van der Waals surface area contributed by atoms with Crippen LogP contribution in [0.1, 0.15) is 16.1 Å². The zero-order valence-corrected chi connectivity index (χ0v) is 15.1. The molecule has 4 rings (SSSR count). The first-order valence-corrected chi connectivity index (χ1v) is 8.71. The highest BCUT2D eigenvalue weighted by Gasteiger charge is 2.16. The van der Waals surface area contributed by atoms with E-state index in [4.69, 9.17) is 9.26 Å². The summed E-state index contributed by atoms with van der Waals surface area (Å²) in [6.07, 6.45) is 3.31. The Bertz CT molecular complexity index is 1110. The number of carbonyl (C=O) groups excluding carboxylic acids is 1. The van der Waals surface area contributed by atoms with Gasteiger partial charge in [-0.25, -0.2) is 0 Å². The second-order valence-corrected chi connectivity index (χ2v) is 6.19. The fraction of sp³-hybridized carbons (Fsp3) is 0.0455. The van der Waals surface area contributed by atoms with Crippen LogP contribution in [0.5, 0.6) is 11.5 Å². The number of hydrogen-bond acceptors (Lipinski definition) is 5. The number of benzene rings is 2. The number of aromatic nitrogens is 2. The smallest absolute Gasteiger partial charge is 0.277 e. The quantitative estimate of drug-likeness (QED) is 0.529. The highest BCUT2D eigenvalue weighted by Crippen LogP contribution is 2.30. The number of carbonyl (C=O) groups is 1. The second-order valence-electron chi connectivity index (χ2n) is 6.19. The van der Waals surface area contributed by atoms with Crippen molar-refractivity contribution in [1.82, 2.24) is 10.1 Å². The molecule has 0 aliphatic carbocycles. The molecule has 6 heteroatoms. The molecule has 0 aliphatic heterocycles. The maximum atomic E-state index is 12.6. The van der Waals surface area contributed by atoms with Crippen molar-refractivity contribution in [2.45, 2.75) is 6.92 Å². The van der Waals surface area contributed by atoms with Crippen molar-refractivity contribution in [2.75, 3.05) is 5.32 Å². The first-order chi connectivity index (χ1) is 13.7. The molecule has 6 nitrogen and oxygen atoms in total. The van der Waals surface area contributed by atoms with Crippen LogP contribution < -0.4 is 10.1 Å². The molecule has 138 valence electrons. The third-order valence-corrected chi connectivity index (χ3v) is 4.04. The van der Waals surface area contributed by atoms with Gasteiger partial charge in [-0.3, -0.25) is 9.78 Å². The lowest BCUT2D eigenvalue weighted by Crippen LogP contribution is -2.12. The summed E-state index contributed by atoms with van der Waals surface area (Å²) >= 11 is 0. The van der Waals surface area contributed by atoms with Crippen LogP contribution >= 0.6 is 0 Å². The monoisotopic (exact) mass is 371 g/mol. The second kappa shape index (κ2) is 7.75. The normalized spacial score (nSPS) is 10.5. The van der Waals surface area contributed by atoms with Gasteiger partial charge >= 0.3 is 0 Å². The van der Waals surface area contributed by atoms with Crippen molar-refractivity contribution in [3.05, 3.63) is 90.4 Å². The number of nitrogens with zero attached hydrogens (tertiary/aromatic N) is 2. The minimum atomic E-state index is -0.390. The first-order valence-electron chi connectivity index (χ1n) is 8.71. The number of ether oxygens (including phenoxy) is 1. The van der Waals surface area contributed by atoms with Crippen molar-refractivity contribution in [3.8, 4) is 22.8 Å². The fourth-order valence-corrected chi connectivity index (χ4v) is 2.68. The predicted octanol–water partition coefficient (Wildman–Crippen LogP) is 5.09. The Morgan fingerprint density at radius 2 is 1.93 bits per heavy atom. The Balaban J connectivity index is 1.53. The highest BCUT2D eigenvalue weighted by atomic mass is 16.5. The van der Waals surface area contributed by atoms with E-state index in [9.17, 15) is 4.79 Å². The van der Waals surface area contributed by atoms with E-state index in [-0.39, 0.29) is 11.6 Å². The van der Waals surface area contributed by atoms with Gasteiger partial charge in [-0.15, -0.1) is 0 Å².